The Morgan fingerprint density at radius 3 is 2.35 bits per heavy atom. The van der Waals surface area contributed by atoms with Gasteiger partial charge in [-0.3, -0.25) is 0 Å². The standard InChI is InChI=1S/C15H11N5/c16-9-11-1-7-14(8-2-11)20-10-18-15(19-20)12-3-5-13(17)6-4-12/h1-8,10H,17H2. The number of hydrogen-bond acceptors (Lipinski definition) is 4. The number of rotatable bonds is 2. The summed E-state index contributed by atoms with van der Waals surface area (Å²) >= 11 is 0. The summed E-state index contributed by atoms with van der Waals surface area (Å²) in [6, 6.07) is 16.7. The quantitative estimate of drug-likeness (QED) is 0.718. The molecule has 5 heteroatoms. The van der Waals surface area contributed by atoms with Crippen LogP contribution < -0.4 is 5.73 Å². The van der Waals surface area contributed by atoms with Crippen LogP contribution >= 0.6 is 0 Å². The molecule has 0 aliphatic heterocycles. The third kappa shape index (κ3) is 2.22. The minimum absolute atomic E-state index is 0.618. The highest BCUT2D eigenvalue weighted by atomic mass is 15.3. The molecule has 20 heavy (non-hydrogen) atoms. The van der Waals surface area contributed by atoms with Gasteiger partial charge >= 0.3 is 0 Å². The summed E-state index contributed by atoms with van der Waals surface area (Å²) in [6.45, 7) is 0. The monoisotopic (exact) mass is 261 g/mol. The van der Waals surface area contributed by atoms with Crippen LogP contribution in [0.5, 0.6) is 0 Å². The highest BCUT2D eigenvalue weighted by Crippen LogP contribution is 2.17. The van der Waals surface area contributed by atoms with Gasteiger partial charge in [-0.05, 0) is 48.5 Å². The van der Waals surface area contributed by atoms with Crippen LogP contribution in [-0.4, -0.2) is 14.8 Å². The smallest absolute Gasteiger partial charge is 0.181 e. The van der Waals surface area contributed by atoms with Crippen molar-refractivity contribution in [3.8, 4) is 23.1 Å². The Hall–Kier alpha value is -3.13. The van der Waals surface area contributed by atoms with Gasteiger partial charge < -0.3 is 5.73 Å². The van der Waals surface area contributed by atoms with E-state index in [0.29, 0.717) is 17.1 Å². The summed E-state index contributed by atoms with van der Waals surface area (Å²) in [5.41, 5.74) is 8.75. The van der Waals surface area contributed by atoms with Crippen LogP contribution in [0.25, 0.3) is 17.1 Å². The van der Waals surface area contributed by atoms with Gasteiger partial charge in [0.15, 0.2) is 5.82 Å². The van der Waals surface area contributed by atoms with Crippen molar-refractivity contribution in [2.75, 3.05) is 5.73 Å². The molecule has 0 saturated carbocycles. The molecule has 1 heterocycles. The first-order chi connectivity index (χ1) is 9.76. The summed E-state index contributed by atoms with van der Waals surface area (Å²) in [5, 5.41) is 13.2. The number of nitriles is 1. The molecule has 0 saturated heterocycles. The first-order valence-corrected chi connectivity index (χ1v) is 6.04. The molecule has 1 aromatic heterocycles. The molecule has 2 aromatic carbocycles. The van der Waals surface area contributed by atoms with Gasteiger partial charge in [0.25, 0.3) is 0 Å². The Morgan fingerprint density at radius 1 is 1.00 bits per heavy atom. The average molecular weight is 261 g/mol. The zero-order valence-electron chi connectivity index (χ0n) is 10.6. The third-order valence-corrected chi connectivity index (χ3v) is 2.92. The van der Waals surface area contributed by atoms with Crippen LogP contribution in [0.3, 0.4) is 0 Å². The van der Waals surface area contributed by atoms with E-state index in [1.807, 2.05) is 36.4 Å². The lowest BCUT2D eigenvalue weighted by Crippen LogP contribution is -1.94. The number of nitrogens with two attached hydrogens (primary N) is 1. The minimum Gasteiger partial charge on any atom is -0.399 e. The average Bonchev–Trinajstić information content (AvgIpc) is 2.98. The maximum absolute atomic E-state index is 8.78. The van der Waals surface area contributed by atoms with Crippen LogP contribution in [-0.2, 0) is 0 Å². The lowest BCUT2D eigenvalue weighted by molar-refractivity contribution is 0.882. The predicted octanol–water partition coefficient (Wildman–Crippen LogP) is 2.39. The first kappa shape index (κ1) is 11.9. The van der Waals surface area contributed by atoms with Crippen LogP contribution in [0.2, 0.25) is 0 Å². The van der Waals surface area contributed by atoms with E-state index in [4.69, 9.17) is 11.0 Å². The molecule has 0 aliphatic rings. The Balaban J connectivity index is 1.93. The van der Waals surface area contributed by atoms with Crippen molar-refractivity contribution in [3.05, 3.63) is 60.4 Å². The van der Waals surface area contributed by atoms with E-state index in [0.717, 1.165) is 11.3 Å². The number of benzene rings is 2. The normalized spacial score (nSPS) is 10.2. The summed E-state index contributed by atoms with van der Waals surface area (Å²) in [5.74, 6) is 0.634. The van der Waals surface area contributed by atoms with Crippen molar-refractivity contribution >= 4 is 5.69 Å². The van der Waals surface area contributed by atoms with E-state index < -0.39 is 0 Å². The van der Waals surface area contributed by atoms with E-state index in [1.165, 1.54) is 0 Å². The predicted molar refractivity (Wildman–Crippen MR) is 75.9 cm³/mol. The Kier molecular flexibility index (Phi) is 2.90. The Bertz CT molecular complexity index is 763. The largest absolute Gasteiger partial charge is 0.399 e. The molecule has 0 atom stereocenters. The maximum atomic E-state index is 8.78. The van der Waals surface area contributed by atoms with Gasteiger partial charge in [0.2, 0.25) is 0 Å². The number of nitrogens with zero attached hydrogens (tertiary/aromatic N) is 4. The van der Waals surface area contributed by atoms with E-state index in [2.05, 4.69) is 16.2 Å². The molecular formula is C15H11N5. The second-order valence-electron chi connectivity index (χ2n) is 4.29. The number of nitrogen functional groups attached to an aromatic ring is 1. The van der Waals surface area contributed by atoms with E-state index in [1.54, 1.807) is 23.1 Å². The van der Waals surface area contributed by atoms with Gasteiger partial charge in [0.1, 0.15) is 6.33 Å². The maximum Gasteiger partial charge on any atom is 0.181 e. The second kappa shape index (κ2) is 4.86. The van der Waals surface area contributed by atoms with E-state index >= 15 is 0 Å². The topological polar surface area (TPSA) is 80.5 Å². The van der Waals surface area contributed by atoms with Gasteiger partial charge in [-0.15, -0.1) is 5.10 Å². The minimum atomic E-state index is 0.618. The van der Waals surface area contributed by atoms with Crippen LogP contribution in [0, 0.1) is 11.3 Å². The lowest BCUT2D eigenvalue weighted by Gasteiger charge is -2.00. The molecule has 0 aliphatic carbocycles. The molecule has 0 spiro atoms. The first-order valence-electron chi connectivity index (χ1n) is 6.04. The number of hydrogen-bond donors (Lipinski definition) is 1. The van der Waals surface area contributed by atoms with Crippen molar-refractivity contribution in [1.29, 1.82) is 5.26 Å². The van der Waals surface area contributed by atoms with Gasteiger partial charge in [0.05, 0.1) is 17.3 Å². The SMILES string of the molecule is N#Cc1ccc(-n2cnc(-c3ccc(N)cc3)n2)cc1. The lowest BCUT2D eigenvalue weighted by atomic mass is 10.2. The van der Waals surface area contributed by atoms with Crippen LogP contribution in [0.4, 0.5) is 5.69 Å². The molecule has 0 radical (unpaired) electrons. The molecule has 0 fully saturated rings. The molecule has 3 aromatic rings. The molecule has 0 amide bonds. The third-order valence-electron chi connectivity index (χ3n) is 2.92. The Morgan fingerprint density at radius 2 is 1.70 bits per heavy atom. The second-order valence-corrected chi connectivity index (χ2v) is 4.29. The molecule has 96 valence electrons. The zero-order valence-corrected chi connectivity index (χ0v) is 10.6. The van der Waals surface area contributed by atoms with Crippen LogP contribution in [0.1, 0.15) is 5.56 Å². The fourth-order valence-electron chi connectivity index (χ4n) is 1.84. The Labute approximate surface area is 115 Å². The summed E-state index contributed by atoms with van der Waals surface area (Å²) in [7, 11) is 0. The fourth-order valence-corrected chi connectivity index (χ4v) is 1.84. The van der Waals surface area contributed by atoms with Gasteiger partial charge in [0, 0.05) is 11.3 Å². The van der Waals surface area contributed by atoms with Crippen molar-refractivity contribution < 1.29 is 0 Å². The summed E-state index contributed by atoms with van der Waals surface area (Å²) in [4.78, 5) is 4.28. The molecule has 0 bridgehead atoms. The summed E-state index contributed by atoms with van der Waals surface area (Å²) < 4.78 is 1.67. The van der Waals surface area contributed by atoms with Gasteiger partial charge in [-0.1, -0.05) is 0 Å². The fraction of sp³-hybridized carbons (Fsp3) is 0. The van der Waals surface area contributed by atoms with Crippen molar-refractivity contribution in [2.45, 2.75) is 0 Å². The van der Waals surface area contributed by atoms with E-state index in [9.17, 15) is 0 Å². The van der Waals surface area contributed by atoms with Crippen LogP contribution in [0.15, 0.2) is 54.9 Å². The zero-order chi connectivity index (χ0) is 13.9. The van der Waals surface area contributed by atoms with E-state index in [-0.39, 0.29) is 0 Å². The van der Waals surface area contributed by atoms with Gasteiger partial charge in [-0.25, -0.2) is 9.67 Å². The van der Waals surface area contributed by atoms with Crippen molar-refractivity contribution in [1.82, 2.24) is 14.8 Å². The number of anilines is 1. The van der Waals surface area contributed by atoms with Crippen molar-refractivity contribution in [2.24, 2.45) is 0 Å². The molecule has 5 nitrogen and oxygen atoms in total. The molecule has 3 rings (SSSR count). The van der Waals surface area contributed by atoms with Gasteiger partial charge in [-0.2, -0.15) is 5.26 Å². The molecule has 2 N–H and O–H groups in total. The number of aromatic nitrogens is 3. The highest BCUT2D eigenvalue weighted by molar-refractivity contribution is 5.58. The highest BCUT2D eigenvalue weighted by Gasteiger charge is 2.05. The van der Waals surface area contributed by atoms with Crippen molar-refractivity contribution in [3.63, 3.8) is 0 Å². The summed E-state index contributed by atoms with van der Waals surface area (Å²) in [6.07, 6.45) is 1.65. The molecule has 0 unspecified atom stereocenters. The molecular weight excluding hydrogens is 250 g/mol.